The summed E-state index contributed by atoms with van der Waals surface area (Å²) in [6.07, 6.45) is 6.24. The fourth-order valence-electron chi connectivity index (χ4n) is 6.48. The Bertz CT molecular complexity index is 1190. The van der Waals surface area contributed by atoms with Gasteiger partial charge in [0, 0.05) is 17.1 Å². The van der Waals surface area contributed by atoms with Crippen LogP contribution in [0.4, 0.5) is 4.79 Å². The van der Waals surface area contributed by atoms with E-state index in [9.17, 15) is 14.8 Å². The average molecular weight is 605 g/mol. The first-order valence-corrected chi connectivity index (χ1v) is 16.0. The molecular formula is C37H54N3O4-. The number of alkyl carbamates (subject to hydrolysis) is 1. The SMILES string of the molecule is CC(C)C[C@@H](/C=C/C(Cc1ccccc1)(Cc1ccccc1)C(=O)NC1CC(C)(C)N([O-])C(C)(C)C1)NC(=O)OC(C)(C)C. The van der Waals surface area contributed by atoms with Crippen LogP contribution in [0, 0.1) is 16.5 Å². The molecule has 2 aromatic carbocycles. The summed E-state index contributed by atoms with van der Waals surface area (Å²) >= 11 is 0. The van der Waals surface area contributed by atoms with Crippen molar-refractivity contribution in [3.8, 4) is 0 Å². The van der Waals surface area contributed by atoms with Gasteiger partial charge in [-0.3, -0.25) is 4.79 Å². The van der Waals surface area contributed by atoms with Crippen LogP contribution < -0.4 is 10.6 Å². The summed E-state index contributed by atoms with van der Waals surface area (Å²) in [7, 11) is 0. The molecule has 1 saturated heterocycles. The molecule has 242 valence electrons. The molecule has 1 aliphatic heterocycles. The van der Waals surface area contributed by atoms with E-state index >= 15 is 0 Å². The second kappa shape index (κ2) is 14.3. The minimum absolute atomic E-state index is 0.0852. The number of hydrogen-bond acceptors (Lipinski definition) is 5. The lowest BCUT2D eigenvalue weighted by atomic mass is 9.73. The summed E-state index contributed by atoms with van der Waals surface area (Å²) in [6, 6.07) is 19.6. The van der Waals surface area contributed by atoms with Crippen molar-refractivity contribution in [3.63, 3.8) is 0 Å². The average Bonchev–Trinajstić information content (AvgIpc) is 2.89. The molecule has 2 N–H and O–H groups in total. The zero-order chi connectivity index (χ0) is 32.8. The molecule has 1 aliphatic rings. The van der Waals surface area contributed by atoms with Crippen molar-refractivity contribution in [2.24, 2.45) is 11.3 Å². The van der Waals surface area contributed by atoms with E-state index in [4.69, 9.17) is 4.74 Å². The second-order valence-corrected chi connectivity index (χ2v) is 15.2. The molecule has 0 radical (unpaired) electrons. The quantitative estimate of drug-likeness (QED) is 0.258. The topological polar surface area (TPSA) is 93.7 Å². The molecule has 3 rings (SSSR count). The molecule has 44 heavy (non-hydrogen) atoms. The molecule has 1 fully saturated rings. The number of ether oxygens (including phenoxy) is 1. The minimum atomic E-state index is -0.962. The van der Waals surface area contributed by atoms with Crippen molar-refractivity contribution in [2.75, 3.05) is 0 Å². The normalized spacial score (nSPS) is 18.2. The highest BCUT2D eigenvalue weighted by atomic mass is 16.6. The Labute approximate surface area is 265 Å². The van der Waals surface area contributed by atoms with Crippen LogP contribution in [0.5, 0.6) is 0 Å². The zero-order valence-corrected chi connectivity index (χ0v) is 28.3. The standard InChI is InChI=1S/C37H54N3O4/c1-27(2)22-30(39-33(42)44-34(3,4)5)20-21-37(23-28-16-12-10-13-17-28,24-29-18-14-11-15-19-29)32(41)38-31-25-35(6,7)40(43)36(8,9)26-31/h10-21,27,30-31H,22-26H2,1-9H3,(H,38,41)(H,39,42)/q-1/b21-20+/t30-/m1/s1. The lowest BCUT2D eigenvalue weighted by Crippen LogP contribution is -2.63. The van der Waals surface area contributed by atoms with Gasteiger partial charge in [-0.15, -0.1) is 0 Å². The third-order valence-corrected chi connectivity index (χ3v) is 8.18. The van der Waals surface area contributed by atoms with E-state index < -0.39 is 28.2 Å². The van der Waals surface area contributed by atoms with E-state index in [0.717, 1.165) is 11.1 Å². The fraction of sp³-hybridized carbons (Fsp3) is 0.568. The Kier molecular flexibility index (Phi) is 11.5. The van der Waals surface area contributed by atoms with Gasteiger partial charge >= 0.3 is 6.09 Å². The number of benzene rings is 2. The first-order chi connectivity index (χ1) is 20.4. The Morgan fingerprint density at radius 1 is 0.932 bits per heavy atom. The summed E-state index contributed by atoms with van der Waals surface area (Å²) in [5, 5.41) is 20.7. The molecule has 2 aromatic rings. The van der Waals surface area contributed by atoms with Crippen molar-refractivity contribution in [2.45, 2.75) is 123 Å². The van der Waals surface area contributed by atoms with Gasteiger partial charge in [0.1, 0.15) is 5.60 Å². The third kappa shape index (κ3) is 10.2. The summed E-state index contributed by atoms with van der Waals surface area (Å²) in [5.41, 5.74) is -0.733. The molecule has 0 spiro atoms. The molecule has 0 aromatic heterocycles. The highest BCUT2D eigenvalue weighted by Gasteiger charge is 2.43. The number of piperidine rings is 1. The van der Waals surface area contributed by atoms with E-state index in [1.807, 2.05) is 121 Å². The first-order valence-electron chi connectivity index (χ1n) is 16.0. The van der Waals surface area contributed by atoms with E-state index in [1.165, 1.54) is 5.06 Å². The van der Waals surface area contributed by atoms with Crippen molar-refractivity contribution in [1.82, 2.24) is 15.7 Å². The lowest BCUT2D eigenvalue weighted by Gasteiger charge is -2.60. The van der Waals surface area contributed by atoms with Crippen LogP contribution >= 0.6 is 0 Å². The molecule has 0 bridgehead atoms. The molecule has 0 unspecified atom stereocenters. The second-order valence-electron chi connectivity index (χ2n) is 15.2. The Morgan fingerprint density at radius 3 is 1.84 bits per heavy atom. The van der Waals surface area contributed by atoms with Crippen LogP contribution in [0.15, 0.2) is 72.8 Å². The molecular weight excluding hydrogens is 550 g/mol. The van der Waals surface area contributed by atoms with Crippen molar-refractivity contribution >= 4 is 12.0 Å². The minimum Gasteiger partial charge on any atom is -0.784 e. The summed E-state index contributed by atoms with van der Waals surface area (Å²) < 4.78 is 5.58. The zero-order valence-electron chi connectivity index (χ0n) is 28.3. The Balaban J connectivity index is 2.07. The van der Waals surface area contributed by atoms with Crippen LogP contribution in [-0.2, 0) is 22.4 Å². The molecule has 0 saturated carbocycles. The number of amides is 2. The summed E-state index contributed by atoms with van der Waals surface area (Å²) in [6.45, 7) is 17.5. The van der Waals surface area contributed by atoms with Gasteiger partial charge in [0.25, 0.3) is 0 Å². The van der Waals surface area contributed by atoms with Gasteiger partial charge in [0.2, 0.25) is 5.91 Å². The maximum absolute atomic E-state index is 14.7. The molecule has 2 amide bonds. The lowest BCUT2D eigenvalue weighted by molar-refractivity contribution is -0.130. The molecule has 1 atom stereocenters. The highest BCUT2D eigenvalue weighted by Crippen LogP contribution is 2.39. The predicted octanol–water partition coefficient (Wildman–Crippen LogP) is 7.59. The van der Waals surface area contributed by atoms with Gasteiger partial charge in [0.15, 0.2) is 0 Å². The van der Waals surface area contributed by atoms with Crippen molar-refractivity contribution < 1.29 is 14.3 Å². The van der Waals surface area contributed by atoms with Crippen LogP contribution in [-0.4, -0.2) is 45.8 Å². The molecule has 7 heteroatoms. The molecule has 0 aliphatic carbocycles. The summed E-state index contributed by atoms with van der Waals surface area (Å²) in [4.78, 5) is 27.6. The number of hydroxylamine groups is 2. The third-order valence-electron chi connectivity index (χ3n) is 8.18. The van der Waals surface area contributed by atoms with Crippen LogP contribution in [0.2, 0.25) is 0 Å². The number of rotatable bonds is 11. The smallest absolute Gasteiger partial charge is 0.408 e. The first kappa shape index (κ1) is 35.3. The Morgan fingerprint density at radius 2 is 1.41 bits per heavy atom. The number of nitrogens with zero attached hydrogens (tertiary/aromatic N) is 1. The highest BCUT2D eigenvalue weighted by molar-refractivity contribution is 5.86. The number of carbonyl (C=O) groups is 2. The van der Waals surface area contributed by atoms with Gasteiger partial charge in [-0.05, 0) is 97.6 Å². The largest absolute Gasteiger partial charge is 0.784 e. The van der Waals surface area contributed by atoms with E-state index in [2.05, 4.69) is 24.5 Å². The van der Waals surface area contributed by atoms with E-state index in [1.54, 1.807) is 0 Å². The summed E-state index contributed by atoms with van der Waals surface area (Å²) in [5.74, 6) is 0.214. The monoisotopic (exact) mass is 604 g/mol. The van der Waals surface area contributed by atoms with Crippen molar-refractivity contribution in [1.29, 1.82) is 0 Å². The van der Waals surface area contributed by atoms with Gasteiger partial charge < -0.3 is 25.6 Å². The van der Waals surface area contributed by atoms with Crippen molar-refractivity contribution in [3.05, 3.63) is 89.1 Å². The number of hydrogen-bond donors (Lipinski definition) is 2. The number of nitrogens with one attached hydrogen (secondary N) is 2. The molecule has 1 heterocycles. The molecule has 7 nitrogen and oxygen atoms in total. The van der Waals surface area contributed by atoms with Gasteiger partial charge in [0.05, 0.1) is 11.5 Å². The van der Waals surface area contributed by atoms with Crippen LogP contribution in [0.25, 0.3) is 0 Å². The fourth-order valence-corrected chi connectivity index (χ4v) is 6.48. The van der Waals surface area contributed by atoms with Gasteiger partial charge in [-0.2, -0.15) is 0 Å². The maximum atomic E-state index is 14.7. The number of carbonyl (C=O) groups excluding carboxylic acids is 2. The van der Waals surface area contributed by atoms with Gasteiger partial charge in [-0.1, -0.05) is 86.7 Å². The predicted molar refractivity (Wildman–Crippen MR) is 179 cm³/mol. The van der Waals surface area contributed by atoms with E-state index in [0.29, 0.717) is 38.0 Å². The van der Waals surface area contributed by atoms with Crippen LogP contribution in [0.1, 0.15) is 92.7 Å². The van der Waals surface area contributed by atoms with Crippen LogP contribution in [0.3, 0.4) is 0 Å². The van der Waals surface area contributed by atoms with Gasteiger partial charge in [-0.25, -0.2) is 4.79 Å². The van der Waals surface area contributed by atoms with E-state index in [-0.39, 0.29) is 18.0 Å². The Hall–Kier alpha value is -3.16. The maximum Gasteiger partial charge on any atom is 0.408 e.